The van der Waals surface area contributed by atoms with Crippen LogP contribution in [0, 0.1) is 5.82 Å². The fourth-order valence-corrected chi connectivity index (χ4v) is 2.07. The van der Waals surface area contributed by atoms with Crippen molar-refractivity contribution in [2.75, 3.05) is 0 Å². The summed E-state index contributed by atoms with van der Waals surface area (Å²) in [6.07, 6.45) is 3.71. The smallest absolute Gasteiger partial charge is 0.132 e. The molecule has 3 heteroatoms. The summed E-state index contributed by atoms with van der Waals surface area (Å²) in [5.41, 5.74) is 7.72. The van der Waals surface area contributed by atoms with E-state index >= 15 is 0 Å². The Morgan fingerprint density at radius 1 is 1.44 bits per heavy atom. The average Bonchev–Trinajstić information content (AvgIpc) is 2.55. The van der Waals surface area contributed by atoms with Crippen LogP contribution in [0.3, 0.4) is 0 Å². The standard InChI is InChI=1S/C13H17FN2/c1-9(15)6-7-10-8-16(2)12-5-3-4-11(14)13(10)12/h3-5,8-9H,6-7,15H2,1-2H3. The molecular formula is C13H17FN2. The number of nitrogens with two attached hydrogens (primary N) is 1. The van der Waals surface area contributed by atoms with Gasteiger partial charge < -0.3 is 10.3 Å². The Bertz CT molecular complexity index is 500. The molecule has 2 nitrogen and oxygen atoms in total. The number of fused-ring (bicyclic) bond motifs is 1. The Kier molecular flexibility index (Phi) is 2.97. The molecule has 1 aromatic carbocycles. The summed E-state index contributed by atoms with van der Waals surface area (Å²) in [5.74, 6) is -0.141. The normalized spacial score (nSPS) is 13.2. The second-order valence-corrected chi connectivity index (χ2v) is 4.42. The third-order valence-corrected chi connectivity index (χ3v) is 2.91. The van der Waals surface area contributed by atoms with Gasteiger partial charge in [0.25, 0.3) is 0 Å². The van der Waals surface area contributed by atoms with Crippen LogP contribution in [0.15, 0.2) is 24.4 Å². The Morgan fingerprint density at radius 3 is 2.88 bits per heavy atom. The van der Waals surface area contributed by atoms with Gasteiger partial charge in [0.1, 0.15) is 5.82 Å². The zero-order chi connectivity index (χ0) is 11.7. The van der Waals surface area contributed by atoms with Gasteiger partial charge in [-0.3, -0.25) is 0 Å². The summed E-state index contributed by atoms with van der Waals surface area (Å²) in [6.45, 7) is 1.97. The summed E-state index contributed by atoms with van der Waals surface area (Å²) in [7, 11) is 1.94. The highest BCUT2D eigenvalue weighted by Crippen LogP contribution is 2.24. The van der Waals surface area contributed by atoms with Crippen LogP contribution in [0.2, 0.25) is 0 Å². The number of nitrogens with zero attached hydrogens (tertiary/aromatic N) is 1. The van der Waals surface area contributed by atoms with Gasteiger partial charge in [0.2, 0.25) is 0 Å². The highest BCUT2D eigenvalue weighted by atomic mass is 19.1. The molecule has 1 atom stereocenters. The Morgan fingerprint density at radius 2 is 2.19 bits per heavy atom. The molecule has 0 aliphatic rings. The highest BCUT2D eigenvalue weighted by Gasteiger charge is 2.10. The van der Waals surface area contributed by atoms with Crippen LogP contribution >= 0.6 is 0 Å². The first-order valence-electron chi connectivity index (χ1n) is 5.57. The molecular weight excluding hydrogens is 203 g/mol. The number of hydrogen-bond donors (Lipinski definition) is 1. The summed E-state index contributed by atoms with van der Waals surface area (Å²) in [5, 5.41) is 0.741. The predicted octanol–water partition coefficient (Wildman–Crippen LogP) is 2.60. The van der Waals surface area contributed by atoms with Crippen molar-refractivity contribution in [3.63, 3.8) is 0 Å². The monoisotopic (exact) mass is 220 g/mol. The van der Waals surface area contributed by atoms with E-state index in [0.717, 1.165) is 29.3 Å². The third kappa shape index (κ3) is 1.95. The van der Waals surface area contributed by atoms with Gasteiger partial charge in [0, 0.05) is 24.7 Å². The van der Waals surface area contributed by atoms with Crippen LogP contribution < -0.4 is 5.73 Å². The van der Waals surface area contributed by atoms with E-state index in [4.69, 9.17) is 5.73 Å². The SMILES string of the molecule is CC(N)CCc1cn(C)c2cccc(F)c12. The quantitative estimate of drug-likeness (QED) is 0.847. The number of benzene rings is 1. The Labute approximate surface area is 94.9 Å². The van der Waals surface area contributed by atoms with Crippen LogP contribution in [0.5, 0.6) is 0 Å². The molecule has 0 aliphatic carbocycles. The van der Waals surface area contributed by atoms with Crippen molar-refractivity contribution < 1.29 is 4.39 Å². The van der Waals surface area contributed by atoms with Crippen LogP contribution in [-0.4, -0.2) is 10.6 Å². The minimum Gasteiger partial charge on any atom is -0.350 e. The van der Waals surface area contributed by atoms with Crippen molar-refractivity contribution in [3.8, 4) is 0 Å². The van der Waals surface area contributed by atoms with Crippen molar-refractivity contribution in [3.05, 3.63) is 35.8 Å². The molecule has 1 aromatic heterocycles. The summed E-state index contributed by atoms with van der Waals surface area (Å²) in [6, 6.07) is 5.35. The molecule has 1 heterocycles. The molecule has 1 unspecified atom stereocenters. The van der Waals surface area contributed by atoms with Gasteiger partial charge in [-0.2, -0.15) is 0 Å². The molecule has 0 bridgehead atoms. The van der Waals surface area contributed by atoms with E-state index < -0.39 is 0 Å². The van der Waals surface area contributed by atoms with E-state index in [0.29, 0.717) is 0 Å². The predicted molar refractivity (Wildman–Crippen MR) is 64.8 cm³/mol. The maximum Gasteiger partial charge on any atom is 0.132 e. The lowest BCUT2D eigenvalue weighted by molar-refractivity contribution is 0.635. The van der Waals surface area contributed by atoms with Gasteiger partial charge in [0.05, 0.1) is 5.52 Å². The summed E-state index contributed by atoms with van der Waals surface area (Å²) >= 11 is 0. The van der Waals surface area contributed by atoms with Crippen molar-refractivity contribution in [2.45, 2.75) is 25.8 Å². The fourth-order valence-electron chi connectivity index (χ4n) is 2.07. The van der Waals surface area contributed by atoms with Gasteiger partial charge in [-0.25, -0.2) is 4.39 Å². The zero-order valence-corrected chi connectivity index (χ0v) is 9.70. The molecule has 2 aromatic rings. The maximum absolute atomic E-state index is 13.7. The lowest BCUT2D eigenvalue weighted by atomic mass is 10.1. The first-order valence-corrected chi connectivity index (χ1v) is 5.57. The lowest BCUT2D eigenvalue weighted by Crippen LogP contribution is -2.15. The second kappa shape index (κ2) is 4.26. The molecule has 0 saturated heterocycles. The van der Waals surface area contributed by atoms with E-state index in [1.54, 1.807) is 6.07 Å². The Balaban J connectivity index is 2.45. The van der Waals surface area contributed by atoms with E-state index in [9.17, 15) is 4.39 Å². The molecule has 0 saturated carbocycles. The number of hydrogen-bond acceptors (Lipinski definition) is 1. The van der Waals surface area contributed by atoms with Crippen molar-refractivity contribution in [1.29, 1.82) is 0 Å². The number of aromatic nitrogens is 1. The topological polar surface area (TPSA) is 30.9 Å². The van der Waals surface area contributed by atoms with Gasteiger partial charge in [-0.1, -0.05) is 6.07 Å². The minimum absolute atomic E-state index is 0.141. The second-order valence-electron chi connectivity index (χ2n) is 4.42. The van der Waals surface area contributed by atoms with E-state index in [1.807, 2.05) is 30.8 Å². The van der Waals surface area contributed by atoms with Gasteiger partial charge in [-0.15, -0.1) is 0 Å². The number of aryl methyl sites for hydroxylation is 2. The largest absolute Gasteiger partial charge is 0.350 e. The van der Waals surface area contributed by atoms with Crippen LogP contribution in [-0.2, 0) is 13.5 Å². The molecule has 16 heavy (non-hydrogen) atoms. The molecule has 2 rings (SSSR count). The summed E-state index contributed by atoms with van der Waals surface area (Å²) < 4.78 is 15.7. The van der Waals surface area contributed by atoms with E-state index in [2.05, 4.69) is 0 Å². The van der Waals surface area contributed by atoms with Gasteiger partial charge >= 0.3 is 0 Å². The molecule has 0 spiro atoms. The summed E-state index contributed by atoms with van der Waals surface area (Å²) in [4.78, 5) is 0. The van der Waals surface area contributed by atoms with Crippen molar-refractivity contribution >= 4 is 10.9 Å². The molecule has 0 aliphatic heterocycles. The molecule has 86 valence electrons. The highest BCUT2D eigenvalue weighted by molar-refractivity contribution is 5.84. The average molecular weight is 220 g/mol. The lowest BCUT2D eigenvalue weighted by Gasteiger charge is -2.03. The maximum atomic E-state index is 13.7. The zero-order valence-electron chi connectivity index (χ0n) is 9.70. The van der Waals surface area contributed by atoms with E-state index in [-0.39, 0.29) is 11.9 Å². The Hall–Kier alpha value is -1.35. The van der Waals surface area contributed by atoms with Gasteiger partial charge in [-0.05, 0) is 37.5 Å². The number of halogens is 1. The third-order valence-electron chi connectivity index (χ3n) is 2.91. The number of rotatable bonds is 3. The van der Waals surface area contributed by atoms with Gasteiger partial charge in [0.15, 0.2) is 0 Å². The first kappa shape index (κ1) is 11.1. The van der Waals surface area contributed by atoms with Crippen LogP contribution in [0.1, 0.15) is 18.9 Å². The van der Waals surface area contributed by atoms with E-state index in [1.165, 1.54) is 6.07 Å². The van der Waals surface area contributed by atoms with Crippen LogP contribution in [0.25, 0.3) is 10.9 Å². The van der Waals surface area contributed by atoms with Crippen molar-refractivity contribution in [2.24, 2.45) is 12.8 Å². The molecule has 0 amide bonds. The fraction of sp³-hybridized carbons (Fsp3) is 0.385. The minimum atomic E-state index is -0.141. The first-order chi connectivity index (χ1) is 7.59. The molecule has 0 radical (unpaired) electrons. The molecule has 2 N–H and O–H groups in total. The van der Waals surface area contributed by atoms with Crippen molar-refractivity contribution in [1.82, 2.24) is 4.57 Å². The van der Waals surface area contributed by atoms with Crippen LogP contribution in [0.4, 0.5) is 4.39 Å². The molecule has 0 fully saturated rings.